The van der Waals surface area contributed by atoms with Crippen LogP contribution in [0.15, 0.2) is 0 Å². The molecule has 3 atom stereocenters. The number of ether oxygens (including phenoxy) is 2. The molecule has 64 valence electrons. The van der Waals surface area contributed by atoms with Crippen LogP contribution in [0.3, 0.4) is 0 Å². The minimum atomic E-state index is -0.115. The molecule has 4 heteroatoms. The lowest BCUT2D eigenvalue weighted by molar-refractivity contribution is -0.106. The van der Waals surface area contributed by atoms with Gasteiger partial charge in [0.1, 0.15) is 12.2 Å². The Labute approximate surface area is 65.7 Å². The Morgan fingerprint density at radius 1 is 1.45 bits per heavy atom. The third-order valence-corrected chi connectivity index (χ3v) is 2.20. The highest BCUT2D eigenvalue weighted by molar-refractivity contribution is 4.84. The van der Waals surface area contributed by atoms with Gasteiger partial charge in [0.25, 0.3) is 0 Å². The zero-order chi connectivity index (χ0) is 7.84. The van der Waals surface area contributed by atoms with Gasteiger partial charge in [0.2, 0.25) is 0 Å². The minimum Gasteiger partial charge on any atom is -0.394 e. The standard InChI is InChI=1S/C7H13NO3/c1-8-2-5-6(4-9)11-7(3-8)10-5/h5-7,9H,2-4H2,1H3/t5-,6+,7+/m0/s1. The van der Waals surface area contributed by atoms with Crippen LogP contribution >= 0.6 is 0 Å². The van der Waals surface area contributed by atoms with E-state index in [1.807, 2.05) is 7.05 Å². The van der Waals surface area contributed by atoms with Crippen molar-refractivity contribution in [3.8, 4) is 0 Å². The molecule has 2 bridgehead atoms. The lowest BCUT2D eigenvalue weighted by Crippen LogP contribution is -2.42. The summed E-state index contributed by atoms with van der Waals surface area (Å²) in [5.41, 5.74) is 0. The molecule has 0 unspecified atom stereocenters. The first-order valence-electron chi connectivity index (χ1n) is 3.90. The second kappa shape index (κ2) is 2.71. The molecule has 0 amide bonds. The van der Waals surface area contributed by atoms with Crippen molar-refractivity contribution in [2.75, 3.05) is 26.7 Å². The first kappa shape index (κ1) is 7.49. The zero-order valence-corrected chi connectivity index (χ0v) is 6.56. The third-order valence-electron chi connectivity index (χ3n) is 2.20. The van der Waals surface area contributed by atoms with Crippen LogP contribution in [0.2, 0.25) is 0 Å². The lowest BCUT2D eigenvalue weighted by Gasteiger charge is -2.26. The molecule has 2 heterocycles. The van der Waals surface area contributed by atoms with Crippen molar-refractivity contribution in [3.63, 3.8) is 0 Å². The Morgan fingerprint density at radius 2 is 2.27 bits per heavy atom. The van der Waals surface area contributed by atoms with Crippen molar-refractivity contribution < 1.29 is 14.6 Å². The maximum Gasteiger partial charge on any atom is 0.171 e. The molecule has 2 aliphatic rings. The molecular formula is C7H13NO3. The van der Waals surface area contributed by atoms with Crippen molar-refractivity contribution in [1.29, 1.82) is 0 Å². The fourth-order valence-electron chi connectivity index (χ4n) is 1.64. The highest BCUT2D eigenvalue weighted by Crippen LogP contribution is 2.24. The van der Waals surface area contributed by atoms with Gasteiger partial charge in [-0.3, -0.25) is 4.90 Å². The average molecular weight is 159 g/mol. The van der Waals surface area contributed by atoms with E-state index in [0.717, 1.165) is 13.1 Å². The van der Waals surface area contributed by atoms with Gasteiger partial charge in [-0.05, 0) is 7.05 Å². The van der Waals surface area contributed by atoms with E-state index in [9.17, 15) is 0 Å². The fourth-order valence-corrected chi connectivity index (χ4v) is 1.64. The fraction of sp³-hybridized carbons (Fsp3) is 1.00. The van der Waals surface area contributed by atoms with E-state index in [1.54, 1.807) is 0 Å². The van der Waals surface area contributed by atoms with Crippen molar-refractivity contribution in [2.24, 2.45) is 0 Å². The van der Waals surface area contributed by atoms with Crippen molar-refractivity contribution in [3.05, 3.63) is 0 Å². The number of morpholine rings is 1. The normalized spacial score (nSPS) is 44.7. The molecule has 2 fully saturated rings. The van der Waals surface area contributed by atoms with E-state index < -0.39 is 0 Å². The first-order valence-corrected chi connectivity index (χ1v) is 3.90. The molecule has 4 nitrogen and oxygen atoms in total. The monoisotopic (exact) mass is 159 g/mol. The zero-order valence-electron chi connectivity index (χ0n) is 6.56. The van der Waals surface area contributed by atoms with E-state index in [4.69, 9.17) is 14.6 Å². The topological polar surface area (TPSA) is 41.9 Å². The third kappa shape index (κ3) is 1.27. The Morgan fingerprint density at radius 3 is 3.00 bits per heavy atom. The van der Waals surface area contributed by atoms with E-state index in [2.05, 4.69) is 4.90 Å². The predicted octanol–water partition coefficient (Wildman–Crippen LogP) is -0.966. The number of hydrogen-bond acceptors (Lipinski definition) is 4. The van der Waals surface area contributed by atoms with Gasteiger partial charge in [-0.2, -0.15) is 0 Å². The molecule has 1 N–H and O–H groups in total. The van der Waals surface area contributed by atoms with E-state index in [-0.39, 0.29) is 25.1 Å². The number of nitrogens with zero attached hydrogens (tertiary/aromatic N) is 1. The minimum absolute atomic E-state index is 0.0645. The van der Waals surface area contributed by atoms with Crippen LogP contribution in [0.5, 0.6) is 0 Å². The maximum atomic E-state index is 8.88. The van der Waals surface area contributed by atoms with Crippen LogP contribution in [-0.4, -0.2) is 55.2 Å². The summed E-state index contributed by atoms with van der Waals surface area (Å²) in [7, 11) is 2.03. The Bertz CT molecular complexity index is 153. The lowest BCUT2D eigenvalue weighted by atomic mass is 10.2. The van der Waals surface area contributed by atoms with Crippen LogP contribution in [0.1, 0.15) is 0 Å². The van der Waals surface area contributed by atoms with E-state index in [1.165, 1.54) is 0 Å². The number of likely N-dealkylation sites (N-methyl/N-ethyl adjacent to an activating group) is 1. The second-order valence-corrected chi connectivity index (χ2v) is 3.18. The van der Waals surface area contributed by atoms with Gasteiger partial charge in [0.15, 0.2) is 6.29 Å². The van der Waals surface area contributed by atoms with Gasteiger partial charge in [0, 0.05) is 13.1 Å². The van der Waals surface area contributed by atoms with Gasteiger partial charge in [-0.25, -0.2) is 0 Å². The molecule has 0 aromatic heterocycles. The van der Waals surface area contributed by atoms with Crippen molar-refractivity contribution in [1.82, 2.24) is 4.90 Å². The smallest absolute Gasteiger partial charge is 0.171 e. The summed E-state index contributed by atoms with van der Waals surface area (Å²) in [5, 5.41) is 8.88. The summed E-state index contributed by atoms with van der Waals surface area (Å²) < 4.78 is 10.8. The first-order chi connectivity index (χ1) is 5.29. The summed E-state index contributed by atoms with van der Waals surface area (Å²) >= 11 is 0. The van der Waals surface area contributed by atoms with Crippen LogP contribution < -0.4 is 0 Å². The molecule has 2 rings (SSSR count). The SMILES string of the molecule is CN1C[C@@H]2O[C@@H](C1)[C@@H](CO)O2. The molecule has 0 aliphatic carbocycles. The molecule has 0 saturated carbocycles. The molecule has 2 saturated heterocycles. The quantitative estimate of drug-likeness (QED) is 0.535. The Kier molecular flexibility index (Phi) is 1.85. The molecule has 2 aliphatic heterocycles. The number of fused-ring (bicyclic) bond motifs is 2. The summed E-state index contributed by atoms with van der Waals surface area (Å²) in [6.45, 7) is 1.74. The molecule has 0 aromatic carbocycles. The molecule has 11 heavy (non-hydrogen) atoms. The predicted molar refractivity (Wildman–Crippen MR) is 38.1 cm³/mol. The van der Waals surface area contributed by atoms with Gasteiger partial charge in [-0.15, -0.1) is 0 Å². The highest BCUT2D eigenvalue weighted by Gasteiger charge is 2.40. The number of aliphatic hydroxyl groups excluding tert-OH is 1. The van der Waals surface area contributed by atoms with Gasteiger partial charge < -0.3 is 14.6 Å². The molecule has 0 radical (unpaired) electrons. The van der Waals surface area contributed by atoms with Gasteiger partial charge >= 0.3 is 0 Å². The van der Waals surface area contributed by atoms with Gasteiger partial charge in [-0.1, -0.05) is 0 Å². The van der Waals surface area contributed by atoms with Crippen LogP contribution in [0.4, 0.5) is 0 Å². The van der Waals surface area contributed by atoms with Gasteiger partial charge in [0.05, 0.1) is 6.61 Å². The van der Waals surface area contributed by atoms with E-state index in [0.29, 0.717) is 0 Å². The van der Waals surface area contributed by atoms with Crippen LogP contribution in [0.25, 0.3) is 0 Å². The highest BCUT2D eigenvalue weighted by atomic mass is 16.7. The summed E-state index contributed by atoms with van der Waals surface area (Å²) in [6, 6.07) is 0. The Balaban J connectivity index is 2.02. The largest absolute Gasteiger partial charge is 0.394 e. The summed E-state index contributed by atoms with van der Waals surface area (Å²) in [5.74, 6) is 0. The molecular weight excluding hydrogens is 146 g/mol. The molecule has 0 aromatic rings. The van der Waals surface area contributed by atoms with Crippen LogP contribution in [-0.2, 0) is 9.47 Å². The molecule has 0 spiro atoms. The van der Waals surface area contributed by atoms with Crippen molar-refractivity contribution >= 4 is 0 Å². The van der Waals surface area contributed by atoms with Crippen molar-refractivity contribution in [2.45, 2.75) is 18.5 Å². The Hall–Kier alpha value is -0.160. The number of rotatable bonds is 1. The summed E-state index contributed by atoms with van der Waals surface area (Å²) in [4.78, 5) is 2.16. The summed E-state index contributed by atoms with van der Waals surface area (Å²) in [6.07, 6.45) is -0.149. The van der Waals surface area contributed by atoms with E-state index >= 15 is 0 Å². The average Bonchev–Trinajstić information content (AvgIpc) is 2.25. The second-order valence-electron chi connectivity index (χ2n) is 3.18. The van der Waals surface area contributed by atoms with Crippen LogP contribution in [0, 0.1) is 0 Å². The number of aliphatic hydroxyl groups is 1. The maximum absolute atomic E-state index is 8.88. The number of hydrogen-bond donors (Lipinski definition) is 1.